The van der Waals surface area contributed by atoms with Crippen molar-refractivity contribution in [2.45, 2.75) is 57.9 Å². The molecule has 0 spiro atoms. The van der Waals surface area contributed by atoms with Crippen LogP contribution >= 0.6 is 0 Å². The Morgan fingerprint density at radius 3 is 2.62 bits per heavy atom. The van der Waals surface area contributed by atoms with Crippen LogP contribution in [0.4, 0.5) is 18.0 Å². The average molecular weight is 414 g/mol. The van der Waals surface area contributed by atoms with Crippen molar-refractivity contribution in [1.29, 1.82) is 0 Å². The molecule has 0 saturated heterocycles. The standard InChI is InChI=1S/C19H25F3N4O3/c1-10(2)18(4-3-13(23)6-18)16(27)26-8-11-5-12(19(20,21)22)7-24-15(11)14(9-26)25-17(28)29/h5,7,10,13-14,25H,3-4,6,8-9,23H2,1-2H3,(H,28,29)/t13-,14-,18+/m1/s1. The van der Waals surface area contributed by atoms with Crippen LogP contribution in [0.25, 0.3) is 0 Å². The van der Waals surface area contributed by atoms with E-state index in [-0.39, 0.29) is 42.2 Å². The van der Waals surface area contributed by atoms with Crippen LogP contribution in [0.5, 0.6) is 0 Å². The SMILES string of the molecule is CC(C)[C@]1(C(=O)N2Cc3cc(C(F)(F)F)cnc3[C@H](NC(=O)O)C2)CC[C@@H](N)C1. The van der Waals surface area contributed by atoms with E-state index in [1.165, 1.54) is 4.90 Å². The first-order valence-electron chi connectivity index (χ1n) is 9.54. The fraction of sp³-hybridized carbons (Fsp3) is 0.632. The Kier molecular flexibility index (Phi) is 5.50. The van der Waals surface area contributed by atoms with Crippen LogP contribution < -0.4 is 11.1 Å². The summed E-state index contributed by atoms with van der Waals surface area (Å²) in [5.41, 5.74) is 4.84. The lowest BCUT2D eigenvalue weighted by Crippen LogP contribution is -2.51. The lowest BCUT2D eigenvalue weighted by atomic mass is 9.74. The number of amides is 2. The van der Waals surface area contributed by atoms with E-state index in [1.807, 2.05) is 13.8 Å². The number of aromatic nitrogens is 1. The first kappa shape index (κ1) is 21.4. The number of nitrogens with one attached hydrogen (secondary N) is 1. The fourth-order valence-corrected chi connectivity index (χ4v) is 4.51. The van der Waals surface area contributed by atoms with E-state index in [2.05, 4.69) is 10.3 Å². The van der Waals surface area contributed by atoms with Crippen molar-refractivity contribution >= 4 is 12.0 Å². The molecule has 3 atom stereocenters. The van der Waals surface area contributed by atoms with Crippen LogP contribution in [-0.4, -0.2) is 39.6 Å². The number of carbonyl (C=O) groups excluding carboxylic acids is 1. The number of rotatable bonds is 3. The molecule has 0 radical (unpaired) electrons. The first-order chi connectivity index (χ1) is 13.4. The minimum atomic E-state index is -4.58. The quantitative estimate of drug-likeness (QED) is 0.705. The number of carboxylic acid groups (broad SMARTS) is 1. The van der Waals surface area contributed by atoms with Gasteiger partial charge in [0, 0.05) is 25.3 Å². The normalized spacial score (nSPS) is 27.1. The topological polar surface area (TPSA) is 109 Å². The fourth-order valence-electron chi connectivity index (χ4n) is 4.51. The molecule has 1 aliphatic carbocycles. The predicted octanol–water partition coefficient (Wildman–Crippen LogP) is 2.90. The van der Waals surface area contributed by atoms with Crippen LogP contribution in [0, 0.1) is 11.3 Å². The second-order valence-corrected chi connectivity index (χ2v) is 8.27. The number of fused-ring (bicyclic) bond motifs is 1. The van der Waals surface area contributed by atoms with Gasteiger partial charge in [-0.3, -0.25) is 9.78 Å². The molecular formula is C19H25F3N4O3. The van der Waals surface area contributed by atoms with E-state index in [0.29, 0.717) is 25.5 Å². The predicted molar refractivity (Wildman–Crippen MR) is 97.7 cm³/mol. The van der Waals surface area contributed by atoms with E-state index in [9.17, 15) is 22.8 Å². The van der Waals surface area contributed by atoms with Gasteiger partial charge in [-0.25, -0.2) is 4.79 Å². The molecule has 29 heavy (non-hydrogen) atoms. The summed E-state index contributed by atoms with van der Waals surface area (Å²) in [6, 6.07) is -0.0626. The van der Waals surface area contributed by atoms with Crippen LogP contribution in [0.1, 0.15) is 56.0 Å². The van der Waals surface area contributed by atoms with Crippen LogP contribution in [-0.2, 0) is 17.5 Å². The molecular weight excluding hydrogens is 389 g/mol. The third kappa shape index (κ3) is 4.03. The van der Waals surface area contributed by atoms with Crippen LogP contribution in [0.2, 0.25) is 0 Å². The Labute approximate surface area is 166 Å². The maximum Gasteiger partial charge on any atom is 0.417 e. The molecule has 0 unspecified atom stereocenters. The van der Waals surface area contributed by atoms with E-state index >= 15 is 0 Å². The van der Waals surface area contributed by atoms with Gasteiger partial charge < -0.3 is 21.1 Å². The van der Waals surface area contributed by atoms with Crippen molar-refractivity contribution in [3.8, 4) is 0 Å². The van der Waals surface area contributed by atoms with Gasteiger partial charge in [-0.1, -0.05) is 13.8 Å². The molecule has 3 rings (SSSR count). The summed E-state index contributed by atoms with van der Waals surface area (Å²) in [7, 11) is 0. The zero-order chi connectivity index (χ0) is 21.6. The minimum absolute atomic E-state index is 0.00420. The van der Waals surface area contributed by atoms with Gasteiger partial charge in [0.25, 0.3) is 0 Å². The molecule has 1 aliphatic heterocycles. The number of nitrogens with two attached hydrogens (primary N) is 1. The molecule has 2 heterocycles. The Hall–Kier alpha value is -2.36. The first-order valence-corrected chi connectivity index (χ1v) is 9.54. The maximum absolute atomic E-state index is 13.5. The molecule has 0 bridgehead atoms. The van der Waals surface area contributed by atoms with Crippen molar-refractivity contribution in [1.82, 2.24) is 15.2 Å². The molecule has 10 heteroatoms. The number of carbonyl (C=O) groups is 2. The van der Waals surface area contributed by atoms with Gasteiger partial charge in [-0.05, 0) is 36.8 Å². The third-order valence-corrected chi connectivity index (χ3v) is 6.13. The summed E-state index contributed by atoms with van der Waals surface area (Å²) < 4.78 is 39.4. The van der Waals surface area contributed by atoms with Gasteiger partial charge in [0.05, 0.1) is 22.7 Å². The third-order valence-electron chi connectivity index (χ3n) is 6.13. The highest BCUT2D eigenvalue weighted by Crippen LogP contribution is 2.46. The number of nitrogens with zero attached hydrogens (tertiary/aromatic N) is 2. The summed E-state index contributed by atoms with van der Waals surface area (Å²) in [4.78, 5) is 30.0. The summed E-state index contributed by atoms with van der Waals surface area (Å²) in [5, 5.41) is 11.4. The molecule has 4 N–H and O–H groups in total. The molecule has 1 aromatic heterocycles. The van der Waals surface area contributed by atoms with Crippen molar-refractivity contribution in [3.63, 3.8) is 0 Å². The van der Waals surface area contributed by atoms with Gasteiger partial charge in [-0.15, -0.1) is 0 Å². The Morgan fingerprint density at radius 2 is 2.10 bits per heavy atom. The summed E-state index contributed by atoms with van der Waals surface area (Å²) in [5.74, 6) is -0.198. The Bertz CT molecular complexity index is 814. The Balaban J connectivity index is 1.98. The minimum Gasteiger partial charge on any atom is -0.465 e. The largest absolute Gasteiger partial charge is 0.465 e. The maximum atomic E-state index is 13.5. The highest BCUT2D eigenvalue weighted by atomic mass is 19.4. The van der Waals surface area contributed by atoms with E-state index in [4.69, 9.17) is 10.8 Å². The monoisotopic (exact) mass is 414 g/mol. The highest BCUT2D eigenvalue weighted by Gasteiger charge is 2.49. The van der Waals surface area contributed by atoms with Gasteiger partial charge in [0.1, 0.15) is 0 Å². The summed E-state index contributed by atoms with van der Waals surface area (Å²) in [6.07, 6.45) is -3.42. The lowest BCUT2D eigenvalue weighted by Gasteiger charge is -2.41. The summed E-state index contributed by atoms with van der Waals surface area (Å²) in [6.45, 7) is 3.83. The smallest absolute Gasteiger partial charge is 0.417 e. The van der Waals surface area contributed by atoms with Crippen molar-refractivity contribution in [2.24, 2.45) is 17.1 Å². The van der Waals surface area contributed by atoms with Gasteiger partial charge in [0.15, 0.2) is 0 Å². The van der Waals surface area contributed by atoms with E-state index in [1.54, 1.807) is 0 Å². The van der Waals surface area contributed by atoms with Crippen LogP contribution in [0.15, 0.2) is 12.3 Å². The number of alkyl halides is 3. The molecule has 7 nitrogen and oxygen atoms in total. The second-order valence-electron chi connectivity index (χ2n) is 8.27. The summed E-state index contributed by atoms with van der Waals surface area (Å²) >= 11 is 0. The number of halogens is 3. The van der Waals surface area contributed by atoms with Crippen LogP contribution in [0.3, 0.4) is 0 Å². The van der Waals surface area contributed by atoms with Crippen molar-refractivity contribution in [3.05, 3.63) is 29.1 Å². The molecule has 160 valence electrons. The molecule has 2 aliphatic rings. The average Bonchev–Trinajstić information content (AvgIpc) is 3.02. The Morgan fingerprint density at radius 1 is 1.41 bits per heavy atom. The molecule has 1 saturated carbocycles. The molecule has 2 amide bonds. The lowest BCUT2D eigenvalue weighted by molar-refractivity contribution is -0.146. The van der Waals surface area contributed by atoms with Gasteiger partial charge in [0.2, 0.25) is 5.91 Å². The van der Waals surface area contributed by atoms with Gasteiger partial charge >= 0.3 is 12.3 Å². The van der Waals surface area contributed by atoms with Crippen molar-refractivity contribution < 1.29 is 27.9 Å². The molecule has 1 fully saturated rings. The second kappa shape index (κ2) is 7.47. The number of hydrogen-bond acceptors (Lipinski definition) is 4. The number of hydrogen-bond donors (Lipinski definition) is 3. The zero-order valence-electron chi connectivity index (χ0n) is 16.3. The highest BCUT2D eigenvalue weighted by molar-refractivity contribution is 5.84. The molecule has 0 aromatic carbocycles. The van der Waals surface area contributed by atoms with Gasteiger partial charge in [-0.2, -0.15) is 13.2 Å². The van der Waals surface area contributed by atoms with E-state index < -0.39 is 29.3 Å². The molecule has 1 aromatic rings. The zero-order valence-corrected chi connectivity index (χ0v) is 16.3. The van der Waals surface area contributed by atoms with E-state index in [0.717, 1.165) is 6.07 Å². The number of pyridine rings is 1. The van der Waals surface area contributed by atoms with Crippen molar-refractivity contribution in [2.75, 3.05) is 6.54 Å².